The van der Waals surface area contributed by atoms with Crippen molar-refractivity contribution in [2.75, 3.05) is 0 Å². The molecule has 1 aromatic rings. The van der Waals surface area contributed by atoms with Gasteiger partial charge in [-0.05, 0) is 18.1 Å². The maximum Gasteiger partial charge on any atom is 0.524 e. The Balaban J connectivity index is 2.28. The van der Waals surface area contributed by atoms with Crippen LogP contribution in [0.2, 0.25) is 0 Å². The largest absolute Gasteiger partial charge is 0.524 e. The molecule has 0 saturated carbocycles. The zero-order valence-corrected chi connectivity index (χ0v) is 9.02. The van der Waals surface area contributed by atoms with E-state index in [1.807, 2.05) is 0 Å². The number of rotatable bonds is 2. The minimum atomic E-state index is -4.58. The molecule has 0 amide bonds. The van der Waals surface area contributed by atoms with Crippen LogP contribution in [-0.2, 0) is 15.8 Å². The molecule has 86 valence electrons. The van der Waals surface area contributed by atoms with Gasteiger partial charge in [-0.1, -0.05) is 6.07 Å². The molecule has 0 radical (unpaired) electrons. The molecule has 0 saturated heterocycles. The van der Waals surface area contributed by atoms with Gasteiger partial charge in [0, 0.05) is 6.07 Å². The summed E-state index contributed by atoms with van der Waals surface area (Å²) in [6.45, 7) is 0. The predicted octanol–water partition coefficient (Wildman–Crippen LogP) is 1.01. The number of fused-ring (bicyclic) bond motifs is 1. The molecular formula is C9H9O6P. The molecule has 0 aliphatic carbocycles. The summed E-state index contributed by atoms with van der Waals surface area (Å²) < 4.78 is 19.9. The van der Waals surface area contributed by atoms with Crippen molar-refractivity contribution in [2.45, 2.75) is 12.8 Å². The minimum absolute atomic E-state index is 0.0261. The molecule has 7 heteroatoms. The van der Waals surface area contributed by atoms with E-state index in [1.54, 1.807) is 6.07 Å². The van der Waals surface area contributed by atoms with Crippen molar-refractivity contribution in [1.82, 2.24) is 0 Å². The van der Waals surface area contributed by atoms with Crippen molar-refractivity contribution in [3.05, 3.63) is 23.8 Å². The average Bonchev–Trinajstić information content (AvgIpc) is 2.14. The fourth-order valence-corrected chi connectivity index (χ4v) is 1.83. The van der Waals surface area contributed by atoms with Crippen LogP contribution >= 0.6 is 7.82 Å². The van der Waals surface area contributed by atoms with Crippen molar-refractivity contribution >= 4 is 13.8 Å². The number of phosphoric acid groups is 1. The van der Waals surface area contributed by atoms with Gasteiger partial charge in [-0.2, -0.15) is 0 Å². The van der Waals surface area contributed by atoms with Gasteiger partial charge in [0.15, 0.2) is 0 Å². The number of benzene rings is 1. The number of aryl methyl sites for hydroxylation is 1. The van der Waals surface area contributed by atoms with Crippen LogP contribution in [0.4, 0.5) is 0 Å². The zero-order valence-electron chi connectivity index (χ0n) is 8.12. The van der Waals surface area contributed by atoms with Gasteiger partial charge in [-0.3, -0.25) is 14.6 Å². The normalized spacial score (nSPS) is 15.2. The van der Waals surface area contributed by atoms with E-state index < -0.39 is 7.82 Å². The molecule has 16 heavy (non-hydrogen) atoms. The number of hydrogen-bond donors (Lipinski definition) is 2. The van der Waals surface area contributed by atoms with Crippen LogP contribution in [0.1, 0.15) is 12.0 Å². The molecule has 0 fully saturated rings. The third kappa shape index (κ3) is 2.61. The van der Waals surface area contributed by atoms with Gasteiger partial charge < -0.3 is 9.26 Å². The summed E-state index contributed by atoms with van der Waals surface area (Å²) >= 11 is 0. The first-order valence-electron chi connectivity index (χ1n) is 4.53. The fraction of sp³-hybridized carbons (Fsp3) is 0.222. The van der Waals surface area contributed by atoms with Gasteiger partial charge in [-0.25, -0.2) is 4.57 Å². The van der Waals surface area contributed by atoms with E-state index >= 15 is 0 Å². The third-order valence-electron chi connectivity index (χ3n) is 2.09. The Hall–Kier alpha value is -1.36. The van der Waals surface area contributed by atoms with Crippen molar-refractivity contribution in [2.24, 2.45) is 0 Å². The van der Waals surface area contributed by atoms with Crippen LogP contribution in [-0.4, -0.2) is 15.8 Å². The molecule has 0 spiro atoms. The second-order valence-corrected chi connectivity index (χ2v) is 4.49. The molecule has 0 atom stereocenters. The summed E-state index contributed by atoms with van der Waals surface area (Å²) in [5.74, 6) is -0.0928. The van der Waals surface area contributed by atoms with Crippen molar-refractivity contribution in [3.63, 3.8) is 0 Å². The quantitative estimate of drug-likeness (QED) is 0.458. The molecule has 6 nitrogen and oxygen atoms in total. The lowest BCUT2D eigenvalue weighted by Gasteiger charge is -2.16. The predicted molar refractivity (Wildman–Crippen MR) is 53.1 cm³/mol. The third-order valence-corrected chi connectivity index (χ3v) is 2.53. The van der Waals surface area contributed by atoms with Gasteiger partial charge in [-0.15, -0.1) is 0 Å². The molecule has 1 aliphatic heterocycles. The molecule has 1 aromatic carbocycles. The molecule has 2 rings (SSSR count). The van der Waals surface area contributed by atoms with Crippen LogP contribution in [0.15, 0.2) is 18.2 Å². The number of carbonyl (C=O) groups excluding carboxylic acids is 1. The van der Waals surface area contributed by atoms with Gasteiger partial charge in [0.05, 0.1) is 6.42 Å². The zero-order chi connectivity index (χ0) is 11.8. The second-order valence-electron chi connectivity index (χ2n) is 3.33. The van der Waals surface area contributed by atoms with Crippen molar-refractivity contribution in [3.8, 4) is 11.5 Å². The number of phosphoric ester groups is 1. The summed E-state index contributed by atoms with van der Waals surface area (Å²) in [7, 11) is -4.58. The van der Waals surface area contributed by atoms with Crippen LogP contribution in [0.25, 0.3) is 0 Å². The van der Waals surface area contributed by atoms with Gasteiger partial charge in [0.25, 0.3) is 0 Å². The Morgan fingerprint density at radius 3 is 2.75 bits per heavy atom. The number of esters is 1. The Morgan fingerprint density at radius 2 is 2.06 bits per heavy atom. The topological polar surface area (TPSA) is 93.1 Å². The molecule has 2 N–H and O–H groups in total. The highest BCUT2D eigenvalue weighted by Crippen LogP contribution is 2.39. The minimum Gasteiger partial charge on any atom is -0.426 e. The summed E-state index contributed by atoms with van der Waals surface area (Å²) in [6.07, 6.45) is 0.871. The smallest absolute Gasteiger partial charge is 0.426 e. The highest BCUT2D eigenvalue weighted by molar-refractivity contribution is 7.46. The SMILES string of the molecule is O=C1CCc2ccc(OP(=O)(O)O)cc2O1. The van der Waals surface area contributed by atoms with E-state index in [0.29, 0.717) is 18.6 Å². The van der Waals surface area contributed by atoms with Crippen LogP contribution in [0, 0.1) is 0 Å². The first kappa shape index (κ1) is 11.1. The molecular weight excluding hydrogens is 235 g/mol. The van der Waals surface area contributed by atoms with Gasteiger partial charge >= 0.3 is 13.8 Å². The van der Waals surface area contributed by atoms with Crippen molar-refractivity contribution < 1.29 is 28.4 Å². The summed E-state index contributed by atoms with van der Waals surface area (Å²) in [5, 5.41) is 0. The van der Waals surface area contributed by atoms with E-state index in [9.17, 15) is 9.36 Å². The Kier molecular flexibility index (Phi) is 2.71. The lowest BCUT2D eigenvalue weighted by atomic mass is 10.1. The summed E-state index contributed by atoms with van der Waals surface area (Å²) in [5.41, 5.74) is 0.817. The van der Waals surface area contributed by atoms with E-state index in [2.05, 4.69) is 4.52 Å². The molecule has 0 unspecified atom stereocenters. The number of hydrogen-bond acceptors (Lipinski definition) is 4. The maximum absolute atomic E-state index is 11.0. The highest BCUT2D eigenvalue weighted by atomic mass is 31.2. The van der Waals surface area contributed by atoms with E-state index in [4.69, 9.17) is 14.5 Å². The Morgan fingerprint density at radius 1 is 1.31 bits per heavy atom. The highest BCUT2D eigenvalue weighted by Gasteiger charge is 2.20. The van der Waals surface area contributed by atoms with E-state index in [-0.39, 0.29) is 11.7 Å². The van der Waals surface area contributed by atoms with Gasteiger partial charge in [0.2, 0.25) is 0 Å². The molecule has 0 aromatic heterocycles. The summed E-state index contributed by atoms with van der Waals surface area (Å²) in [4.78, 5) is 28.2. The fourth-order valence-electron chi connectivity index (χ4n) is 1.44. The molecule has 0 bridgehead atoms. The van der Waals surface area contributed by atoms with E-state index in [1.165, 1.54) is 12.1 Å². The lowest BCUT2D eigenvalue weighted by Crippen LogP contribution is -2.15. The molecule has 1 heterocycles. The van der Waals surface area contributed by atoms with E-state index in [0.717, 1.165) is 5.56 Å². The Labute approximate surface area is 91.0 Å². The van der Waals surface area contributed by atoms with Crippen LogP contribution in [0.3, 0.4) is 0 Å². The number of carbonyl (C=O) groups is 1. The lowest BCUT2D eigenvalue weighted by molar-refractivity contribution is -0.135. The maximum atomic E-state index is 11.0. The first-order chi connectivity index (χ1) is 7.44. The van der Waals surface area contributed by atoms with Gasteiger partial charge in [0.1, 0.15) is 11.5 Å². The first-order valence-corrected chi connectivity index (χ1v) is 6.06. The van der Waals surface area contributed by atoms with Crippen molar-refractivity contribution in [1.29, 1.82) is 0 Å². The second kappa shape index (κ2) is 3.90. The summed E-state index contributed by atoms with van der Waals surface area (Å²) in [6, 6.07) is 4.34. The average molecular weight is 244 g/mol. The standard InChI is InChI=1S/C9H9O6P/c10-9-4-2-6-1-3-7(5-8(6)14-9)15-16(11,12)13/h1,3,5H,2,4H2,(H2,11,12,13). The monoisotopic (exact) mass is 244 g/mol. The van der Waals surface area contributed by atoms with Crippen LogP contribution < -0.4 is 9.26 Å². The molecule has 1 aliphatic rings. The van der Waals surface area contributed by atoms with Crippen LogP contribution in [0.5, 0.6) is 11.5 Å². The number of ether oxygens (including phenoxy) is 1. The Bertz CT molecular complexity index is 477.